The lowest BCUT2D eigenvalue weighted by Gasteiger charge is -1.97. The summed E-state index contributed by atoms with van der Waals surface area (Å²) < 4.78 is 0. The lowest BCUT2D eigenvalue weighted by atomic mass is 9.81. The van der Waals surface area contributed by atoms with Gasteiger partial charge in [0.15, 0.2) is 0 Å². The van der Waals surface area contributed by atoms with Crippen molar-refractivity contribution in [2.75, 3.05) is 0 Å². The van der Waals surface area contributed by atoms with E-state index in [2.05, 4.69) is 4.98 Å². The van der Waals surface area contributed by atoms with E-state index < -0.39 is 7.12 Å². The first-order valence-corrected chi connectivity index (χ1v) is 2.98. The molecule has 0 amide bonds. The summed E-state index contributed by atoms with van der Waals surface area (Å²) in [5, 5.41) is 17.3. The maximum atomic E-state index is 8.66. The molecule has 0 aliphatic rings. The summed E-state index contributed by atoms with van der Waals surface area (Å²) in [6.45, 7) is 1.85. The van der Waals surface area contributed by atoms with E-state index in [0.29, 0.717) is 5.46 Å². The van der Waals surface area contributed by atoms with Crippen LogP contribution in [0.25, 0.3) is 0 Å². The van der Waals surface area contributed by atoms with Crippen LogP contribution in [0.15, 0.2) is 18.5 Å². The Morgan fingerprint density at radius 2 is 2.00 bits per heavy atom. The van der Waals surface area contributed by atoms with E-state index in [9.17, 15) is 0 Å². The van der Waals surface area contributed by atoms with E-state index in [0.717, 1.165) is 5.56 Å². The lowest BCUT2D eigenvalue weighted by Crippen LogP contribution is -2.30. The Morgan fingerprint density at radius 3 is 2.36 bits per heavy atom. The second kappa shape index (κ2) is 4.07. The molecule has 1 aromatic heterocycles. The summed E-state index contributed by atoms with van der Waals surface area (Å²) in [5.74, 6) is 0. The highest BCUT2D eigenvalue weighted by Crippen LogP contribution is 1.88. The van der Waals surface area contributed by atoms with E-state index in [1.54, 1.807) is 12.3 Å². The van der Waals surface area contributed by atoms with Crippen molar-refractivity contribution in [1.29, 1.82) is 0 Å². The van der Waals surface area contributed by atoms with E-state index in [1.807, 2.05) is 6.92 Å². The van der Waals surface area contributed by atoms with E-state index in [1.165, 1.54) is 6.20 Å². The molecule has 1 aromatic rings. The molecule has 60 valence electrons. The highest BCUT2D eigenvalue weighted by molar-refractivity contribution is 6.58. The molecule has 0 aliphatic heterocycles. The first-order chi connectivity index (χ1) is 4.70. The van der Waals surface area contributed by atoms with Crippen LogP contribution in [0, 0.1) is 6.92 Å². The monoisotopic (exact) mass is 155 g/mol. The zero-order valence-corrected chi connectivity index (χ0v) is 6.15. The van der Waals surface area contributed by atoms with Crippen molar-refractivity contribution < 1.29 is 15.5 Å². The molecule has 0 saturated heterocycles. The lowest BCUT2D eigenvalue weighted by molar-refractivity contribution is 0.425. The van der Waals surface area contributed by atoms with Gasteiger partial charge in [-0.05, 0) is 12.5 Å². The molecule has 4 nitrogen and oxygen atoms in total. The highest BCUT2D eigenvalue weighted by Gasteiger charge is 2.09. The maximum Gasteiger partial charge on any atom is 0.490 e. The first kappa shape index (κ1) is 10.1. The fraction of sp³-hybridized carbons (Fsp3) is 0.167. The molecular formula is C6H10BNO3. The van der Waals surface area contributed by atoms with E-state index in [4.69, 9.17) is 10.0 Å². The summed E-state index contributed by atoms with van der Waals surface area (Å²) in [6, 6.07) is 1.68. The van der Waals surface area contributed by atoms with Crippen molar-refractivity contribution in [2.24, 2.45) is 0 Å². The predicted molar refractivity (Wildman–Crippen MR) is 42.4 cm³/mol. The number of aromatic nitrogens is 1. The van der Waals surface area contributed by atoms with Crippen molar-refractivity contribution in [3.8, 4) is 0 Å². The minimum absolute atomic E-state index is 0. The van der Waals surface area contributed by atoms with Crippen molar-refractivity contribution in [3.63, 3.8) is 0 Å². The summed E-state index contributed by atoms with van der Waals surface area (Å²) in [5.41, 5.74) is 1.35. The van der Waals surface area contributed by atoms with E-state index in [-0.39, 0.29) is 5.48 Å². The molecule has 0 bridgehead atoms. The molecule has 0 aromatic carbocycles. The molecule has 1 heterocycles. The summed E-state index contributed by atoms with van der Waals surface area (Å²) in [4.78, 5) is 3.79. The van der Waals surface area contributed by atoms with Crippen molar-refractivity contribution in [2.45, 2.75) is 6.92 Å². The molecule has 0 saturated carbocycles. The number of hydrogen-bond acceptors (Lipinski definition) is 3. The average molecular weight is 155 g/mol. The Morgan fingerprint density at radius 1 is 1.36 bits per heavy atom. The average Bonchev–Trinajstić information content (AvgIpc) is 1.88. The Bertz CT molecular complexity index is 229. The molecule has 0 fully saturated rings. The number of rotatable bonds is 1. The molecule has 0 atom stereocenters. The summed E-state index contributed by atoms with van der Waals surface area (Å²) in [7, 11) is -1.41. The van der Waals surface area contributed by atoms with Crippen LogP contribution in [-0.4, -0.2) is 27.6 Å². The van der Waals surface area contributed by atoms with Gasteiger partial charge in [-0.15, -0.1) is 0 Å². The second-order valence-electron chi connectivity index (χ2n) is 2.17. The van der Waals surface area contributed by atoms with Crippen LogP contribution in [0.5, 0.6) is 0 Å². The van der Waals surface area contributed by atoms with Crippen LogP contribution in [0.3, 0.4) is 0 Å². The Hall–Kier alpha value is -0.905. The molecule has 0 spiro atoms. The van der Waals surface area contributed by atoms with Gasteiger partial charge in [-0.2, -0.15) is 0 Å². The van der Waals surface area contributed by atoms with Crippen LogP contribution < -0.4 is 5.46 Å². The van der Waals surface area contributed by atoms with Gasteiger partial charge in [0.25, 0.3) is 0 Å². The number of nitrogens with zero attached hydrogens (tertiary/aromatic N) is 1. The Balaban J connectivity index is 0.000001000. The van der Waals surface area contributed by atoms with Gasteiger partial charge in [-0.25, -0.2) is 0 Å². The van der Waals surface area contributed by atoms with Gasteiger partial charge in [0.1, 0.15) is 0 Å². The minimum atomic E-state index is -1.41. The Labute approximate surface area is 65.0 Å². The Kier molecular flexibility index (Phi) is 3.74. The summed E-state index contributed by atoms with van der Waals surface area (Å²) in [6.07, 6.45) is 3.09. The van der Waals surface area contributed by atoms with Crippen LogP contribution in [0.4, 0.5) is 0 Å². The number of hydrogen-bond donors (Lipinski definition) is 2. The van der Waals surface area contributed by atoms with Crippen LogP contribution >= 0.6 is 0 Å². The number of pyridine rings is 1. The van der Waals surface area contributed by atoms with Gasteiger partial charge >= 0.3 is 7.12 Å². The van der Waals surface area contributed by atoms with Gasteiger partial charge in [-0.3, -0.25) is 4.98 Å². The molecule has 0 aliphatic carbocycles. The van der Waals surface area contributed by atoms with Gasteiger partial charge in [0, 0.05) is 17.9 Å². The topological polar surface area (TPSA) is 84.9 Å². The molecule has 1 rings (SSSR count). The zero-order chi connectivity index (χ0) is 7.56. The minimum Gasteiger partial charge on any atom is -0.423 e. The molecule has 4 N–H and O–H groups in total. The largest absolute Gasteiger partial charge is 0.490 e. The molecule has 0 unspecified atom stereocenters. The number of aryl methyl sites for hydroxylation is 1. The van der Waals surface area contributed by atoms with Gasteiger partial charge in [-0.1, -0.05) is 6.07 Å². The second-order valence-corrected chi connectivity index (χ2v) is 2.17. The quantitative estimate of drug-likeness (QED) is 0.471. The molecule has 11 heavy (non-hydrogen) atoms. The van der Waals surface area contributed by atoms with E-state index >= 15 is 0 Å². The third-order valence-electron chi connectivity index (χ3n) is 1.19. The fourth-order valence-corrected chi connectivity index (χ4v) is 0.720. The predicted octanol–water partition coefficient (Wildman–Crippen LogP) is -1.75. The SMILES string of the molecule is Cc1cncc(B(O)O)c1.O. The highest BCUT2D eigenvalue weighted by atomic mass is 16.4. The molecular weight excluding hydrogens is 145 g/mol. The van der Waals surface area contributed by atoms with Gasteiger partial charge in [0.2, 0.25) is 0 Å². The maximum absolute atomic E-state index is 8.66. The fourth-order valence-electron chi connectivity index (χ4n) is 0.720. The van der Waals surface area contributed by atoms with Crippen molar-refractivity contribution in [3.05, 3.63) is 24.0 Å². The van der Waals surface area contributed by atoms with Gasteiger partial charge < -0.3 is 15.5 Å². The van der Waals surface area contributed by atoms with Crippen LogP contribution in [0.1, 0.15) is 5.56 Å². The van der Waals surface area contributed by atoms with Crippen molar-refractivity contribution >= 4 is 12.6 Å². The normalized spacial score (nSPS) is 8.64. The van der Waals surface area contributed by atoms with Crippen LogP contribution in [-0.2, 0) is 0 Å². The summed E-state index contributed by atoms with van der Waals surface area (Å²) >= 11 is 0. The molecule has 5 heteroatoms. The third-order valence-corrected chi connectivity index (χ3v) is 1.19. The van der Waals surface area contributed by atoms with Crippen LogP contribution in [0.2, 0.25) is 0 Å². The van der Waals surface area contributed by atoms with Gasteiger partial charge in [0.05, 0.1) is 0 Å². The zero-order valence-electron chi connectivity index (χ0n) is 6.15. The van der Waals surface area contributed by atoms with Crippen molar-refractivity contribution in [1.82, 2.24) is 4.98 Å². The standard InChI is InChI=1S/C6H8BNO2.H2O/c1-5-2-6(7(9)10)4-8-3-5;/h2-4,9-10H,1H3;1H2. The third kappa shape index (κ3) is 2.67. The first-order valence-electron chi connectivity index (χ1n) is 2.98. The smallest absolute Gasteiger partial charge is 0.423 e. The molecule has 0 radical (unpaired) electrons.